The molecule has 0 spiro atoms. The number of imidazole rings is 1. The molecule has 0 aliphatic heterocycles. The predicted molar refractivity (Wildman–Crippen MR) is 65.2 cm³/mol. The van der Waals surface area contributed by atoms with Gasteiger partial charge in [0.25, 0.3) is 0 Å². The standard InChI is InChI=1S/C11H13N3S/c1-7-4-3-5-11-13-8(2)9(14(7)11)6-10(12)15/h3-5H,6H2,1-2H3,(H2,12,15). The van der Waals surface area contributed by atoms with Crippen molar-refractivity contribution in [2.75, 3.05) is 0 Å². The Balaban J connectivity index is 2.71. The number of nitrogens with zero attached hydrogens (tertiary/aromatic N) is 2. The van der Waals surface area contributed by atoms with E-state index in [2.05, 4.69) is 22.4 Å². The lowest BCUT2D eigenvalue weighted by molar-refractivity contribution is 1.00. The fourth-order valence-corrected chi connectivity index (χ4v) is 1.95. The van der Waals surface area contributed by atoms with Crippen LogP contribution in [0.5, 0.6) is 0 Å². The molecule has 2 N–H and O–H groups in total. The van der Waals surface area contributed by atoms with Crippen LogP contribution in [0.15, 0.2) is 18.2 Å². The van der Waals surface area contributed by atoms with Crippen LogP contribution in [-0.2, 0) is 6.42 Å². The van der Waals surface area contributed by atoms with E-state index in [4.69, 9.17) is 18.0 Å². The molecule has 0 atom stereocenters. The summed E-state index contributed by atoms with van der Waals surface area (Å²) in [5.41, 5.74) is 9.78. The van der Waals surface area contributed by atoms with Crippen molar-refractivity contribution in [1.82, 2.24) is 9.38 Å². The van der Waals surface area contributed by atoms with E-state index < -0.39 is 0 Å². The molecule has 0 aliphatic rings. The van der Waals surface area contributed by atoms with Gasteiger partial charge in [-0.15, -0.1) is 0 Å². The zero-order chi connectivity index (χ0) is 11.0. The number of pyridine rings is 1. The first kappa shape index (κ1) is 10.1. The number of hydrogen-bond acceptors (Lipinski definition) is 2. The Morgan fingerprint density at radius 1 is 1.47 bits per heavy atom. The number of nitrogens with two attached hydrogens (primary N) is 1. The molecule has 78 valence electrons. The van der Waals surface area contributed by atoms with Gasteiger partial charge in [-0.2, -0.15) is 0 Å². The zero-order valence-electron chi connectivity index (χ0n) is 8.82. The third kappa shape index (κ3) is 1.72. The van der Waals surface area contributed by atoms with Gasteiger partial charge in [-0.05, 0) is 26.0 Å². The van der Waals surface area contributed by atoms with Crippen LogP contribution in [0.4, 0.5) is 0 Å². The first-order valence-electron chi connectivity index (χ1n) is 4.81. The molecular weight excluding hydrogens is 206 g/mol. The SMILES string of the molecule is Cc1nc2cccc(C)n2c1CC(N)=S. The summed E-state index contributed by atoms with van der Waals surface area (Å²) < 4.78 is 2.11. The maximum Gasteiger partial charge on any atom is 0.137 e. The fraction of sp³-hybridized carbons (Fsp3) is 0.273. The fourth-order valence-electron chi connectivity index (χ4n) is 1.81. The number of aryl methyl sites for hydroxylation is 2. The largest absolute Gasteiger partial charge is 0.393 e. The highest BCUT2D eigenvalue weighted by Gasteiger charge is 2.10. The maximum atomic E-state index is 5.58. The topological polar surface area (TPSA) is 43.3 Å². The van der Waals surface area contributed by atoms with Crippen LogP contribution in [0.2, 0.25) is 0 Å². The van der Waals surface area contributed by atoms with Crippen LogP contribution in [0, 0.1) is 13.8 Å². The van der Waals surface area contributed by atoms with Crippen molar-refractivity contribution in [2.24, 2.45) is 5.73 Å². The van der Waals surface area contributed by atoms with Crippen LogP contribution in [-0.4, -0.2) is 14.4 Å². The monoisotopic (exact) mass is 219 g/mol. The molecule has 2 rings (SSSR count). The van der Waals surface area contributed by atoms with E-state index in [1.54, 1.807) is 0 Å². The van der Waals surface area contributed by atoms with Crippen LogP contribution in [0.3, 0.4) is 0 Å². The molecule has 15 heavy (non-hydrogen) atoms. The second kappa shape index (κ2) is 3.62. The first-order valence-corrected chi connectivity index (χ1v) is 5.22. The van der Waals surface area contributed by atoms with Crippen LogP contribution >= 0.6 is 12.2 Å². The smallest absolute Gasteiger partial charge is 0.137 e. The quantitative estimate of drug-likeness (QED) is 0.783. The molecule has 0 aliphatic carbocycles. The minimum Gasteiger partial charge on any atom is -0.393 e. The van der Waals surface area contributed by atoms with E-state index in [1.807, 2.05) is 19.1 Å². The Morgan fingerprint density at radius 2 is 2.20 bits per heavy atom. The lowest BCUT2D eigenvalue weighted by atomic mass is 10.2. The lowest BCUT2D eigenvalue weighted by Crippen LogP contribution is -2.13. The van der Waals surface area contributed by atoms with Gasteiger partial charge in [0.2, 0.25) is 0 Å². The van der Waals surface area contributed by atoms with E-state index in [1.165, 1.54) is 0 Å². The molecule has 0 saturated carbocycles. The van der Waals surface area contributed by atoms with Crippen molar-refractivity contribution in [3.8, 4) is 0 Å². The summed E-state index contributed by atoms with van der Waals surface area (Å²) in [4.78, 5) is 4.98. The molecule has 2 aromatic rings. The molecule has 2 aromatic heterocycles. The normalized spacial score (nSPS) is 10.8. The molecular formula is C11H13N3S. The Morgan fingerprint density at radius 3 is 2.87 bits per heavy atom. The van der Waals surface area contributed by atoms with Crippen molar-refractivity contribution in [3.05, 3.63) is 35.3 Å². The summed E-state index contributed by atoms with van der Waals surface area (Å²) in [5, 5.41) is 0. The molecule has 0 aromatic carbocycles. The molecule has 3 nitrogen and oxygen atoms in total. The Hall–Kier alpha value is -1.42. The highest BCUT2D eigenvalue weighted by Crippen LogP contribution is 2.15. The summed E-state index contributed by atoms with van der Waals surface area (Å²) >= 11 is 4.95. The predicted octanol–water partition coefficient (Wildman–Crippen LogP) is 1.78. The van der Waals surface area contributed by atoms with Gasteiger partial charge in [0, 0.05) is 12.1 Å². The van der Waals surface area contributed by atoms with E-state index in [-0.39, 0.29) is 0 Å². The van der Waals surface area contributed by atoms with E-state index in [9.17, 15) is 0 Å². The second-order valence-corrected chi connectivity index (χ2v) is 4.17. The first-order chi connectivity index (χ1) is 7.09. The zero-order valence-corrected chi connectivity index (χ0v) is 9.64. The molecule has 0 fully saturated rings. The molecule has 0 amide bonds. The Labute approximate surface area is 93.9 Å². The Kier molecular flexibility index (Phi) is 2.44. The average Bonchev–Trinajstić information content (AvgIpc) is 2.43. The summed E-state index contributed by atoms with van der Waals surface area (Å²) in [6.07, 6.45) is 0.604. The molecule has 0 saturated heterocycles. The molecule has 0 radical (unpaired) electrons. The Bertz CT molecular complexity index is 528. The number of fused-ring (bicyclic) bond motifs is 1. The van der Waals surface area contributed by atoms with Gasteiger partial charge in [-0.1, -0.05) is 18.3 Å². The number of rotatable bonds is 2. The highest BCUT2D eigenvalue weighted by molar-refractivity contribution is 7.80. The van der Waals surface area contributed by atoms with Crippen LogP contribution in [0.1, 0.15) is 17.1 Å². The van der Waals surface area contributed by atoms with Gasteiger partial charge in [-0.25, -0.2) is 4.98 Å². The van der Waals surface area contributed by atoms with Gasteiger partial charge >= 0.3 is 0 Å². The molecule has 0 bridgehead atoms. The lowest BCUT2D eigenvalue weighted by Gasteiger charge is -2.04. The summed E-state index contributed by atoms with van der Waals surface area (Å²) in [5.74, 6) is 0. The molecule has 2 heterocycles. The molecule has 4 heteroatoms. The summed E-state index contributed by atoms with van der Waals surface area (Å²) in [7, 11) is 0. The number of thiocarbonyl (C=S) groups is 1. The van der Waals surface area contributed by atoms with E-state index >= 15 is 0 Å². The highest BCUT2D eigenvalue weighted by atomic mass is 32.1. The van der Waals surface area contributed by atoms with Crippen molar-refractivity contribution in [2.45, 2.75) is 20.3 Å². The van der Waals surface area contributed by atoms with Gasteiger partial charge in [0.05, 0.1) is 16.4 Å². The second-order valence-electron chi connectivity index (χ2n) is 3.65. The van der Waals surface area contributed by atoms with Gasteiger partial charge < -0.3 is 10.1 Å². The van der Waals surface area contributed by atoms with Gasteiger partial charge in [0.15, 0.2) is 0 Å². The summed E-state index contributed by atoms with van der Waals surface area (Å²) in [6.45, 7) is 4.04. The third-order valence-electron chi connectivity index (χ3n) is 2.48. The minimum absolute atomic E-state index is 0.503. The van der Waals surface area contributed by atoms with Crippen molar-refractivity contribution >= 4 is 22.9 Å². The summed E-state index contributed by atoms with van der Waals surface area (Å²) in [6, 6.07) is 6.04. The van der Waals surface area contributed by atoms with Gasteiger partial charge in [0.1, 0.15) is 5.65 Å². The van der Waals surface area contributed by atoms with Crippen LogP contribution < -0.4 is 5.73 Å². The van der Waals surface area contributed by atoms with Crippen molar-refractivity contribution in [1.29, 1.82) is 0 Å². The number of aromatic nitrogens is 2. The third-order valence-corrected chi connectivity index (χ3v) is 2.62. The van der Waals surface area contributed by atoms with Crippen LogP contribution in [0.25, 0.3) is 5.65 Å². The van der Waals surface area contributed by atoms with Crippen molar-refractivity contribution in [3.63, 3.8) is 0 Å². The maximum absolute atomic E-state index is 5.58. The van der Waals surface area contributed by atoms with E-state index in [0.717, 1.165) is 22.7 Å². The van der Waals surface area contributed by atoms with Crippen molar-refractivity contribution < 1.29 is 0 Å². The average molecular weight is 219 g/mol. The molecule has 0 unspecified atom stereocenters. The number of hydrogen-bond donors (Lipinski definition) is 1. The van der Waals surface area contributed by atoms with Gasteiger partial charge in [-0.3, -0.25) is 0 Å². The minimum atomic E-state index is 0.503. The van der Waals surface area contributed by atoms with E-state index in [0.29, 0.717) is 11.4 Å².